The van der Waals surface area contributed by atoms with Crippen molar-refractivity contribution in [1.29, 1.82) is 0 Å². The summed E-state index contributed by atoms with van der Waals surface area (Å²) in [5.41, 5.74) is 7.35. The molecule has 3 heterocycles. The van der Waals surface area contributed by atoms with Gasteiger partial charge in [-0.25, -0.2) is 14.4 Å². The second-order valence-corrected chi connectivity index (χ2v) is 7.88. The Morgan fingerprint density at radius 1 is 1.25 bits per heavy atom. The van der Waals surface area contributed by atoms with Gasteiger partial charge in [-0.2, -0.15) is 4.98 Å². The third kappa shape index (κ3) is 4.15. The molecule has 10 heteroatoms. The van der Waals surface area contributed by atoms with Crippen LogP contribution in [0.4, 0.5) is 10.3 Å². The third-order valence-electron chi connectivity index (χ3n) is 5.86. The van der Waals surface area contributed by atoms with Crippen LogP contribution < -0.4 is 16.0 Å². The second kappa shape index (κ2) is 9.17. The molecule has 4 rings (SSSR count). The lowest BCUT2D eigenvalue weighted by atomic mass is 9.92. The number of anilines is 1. The third-order valence-corrected chi connectivity index (χ3v) is 5.86. The van der Waals surface area contributed by atoms with Crippen LogP contribution in [-0.2, 0) is 4.74 Å². The van der Waals surface area contributed by atoms with Gasteiger partial charge in [-0.05, 0) is 44.7 Å². The number of nitrogen functional groups attached to an aromatic ring is 1. The summed E-state index contributed by atoms with van der Waals surface area (Å²) in [7, 11) is 1.33. The molecule has 170 valence electrons. The second-order valence-electron chi connectivity index (χ2n) is 7.88. The molecule has 1 saturated carbocycles. The van der Waals surface area contributed by atoms with Gasteiger partial charge in [0.15, 0.2) is 5.82 Å². The predicted octanol–water partition coefficient (Wildman–Crippen LogP) is 2.38. The highest BCUT2D eigenvalue weighted by Gasteiger charge is 2.27. The number of fused-ring (bicyclic) bond motifs is 1. The van der Waals surface area contributed by atoms with Crippen LogP contribution in [0.25, 0.3) is 22.2 Å². The van der Waals surface area contributed by atoms with E-state index in [2.05, 4.69) is 15.0 Å². The van der Waals surface area contributed by atoms with E-state index in [0.29, 0.717) is 47.3 Å². The van der Waals surface area contributed by atoms with Crippen molar-refractivity contribution in [2.75, 3.05) is 26.1 Å². The number of pyridine rings is 2. The van der Waals surface area contributed by atoms with Crippen LogP contribution >= 0.6 is 0 Å². The SMILES string of the molecule is COc1ncc(-c2cc3c(C)nc(N)nc3n([C@H]3CC[C@@H](OCCO)CC3)c2=O)cc1F. The molecule has 1 aliphatic rings. The minimum absolute atomic E-state index is 0.0198. The van der Waals surface area contributed by atoms with Crippen LogP contribution in [0.3, 0.4) is 0 Å². The summed E-state index contributed by atoms with van der Waals surface area (Å²) >= 11 is 0. The molecule has 3 aromatic heterocycles. The number of rotatable bonds is 6. The van der Waals surface area contributed by atoms with Crippen LogP contribution in [0.15, 0.2) is 23.1 Å². The van der Waals surface area contributed by atoms with Crippen molar-refractivity contribution in [1.82, 2.24) is 19.5 Å². The van der Waals surface area contributed by atoms with Gasteiger partial charge in [0.05, 0.1) is 32.1 Å². The molecule has 9 nitrogen and oxygen atoms in total. The largest absolute Gasteiger partial charge is 0.479 e. The average molecular weight is 443 g/mol. The lowest BCUT2D eigenvalue weighted by Gasteiger charge is -2.30. The average Bonchev–Trinajstić information content (AvgIpc) is 2.78. The van der Waals surface area contributed by atoms with Crippen LogP contribution in [-0.4, -0.2) is 51.1 Å². The van der Waals surface area contributed by atoms with E-state index in [9.17, 15) is 9.18 Å². The number of methoxy groups -OCH3 is 1. The summed E-state index contributed by atoms with van der Waals surface area (Å²) < 4.78 is 26.5. The van der Waals surface area contributed by atoms with Crippen molar-refractivity contribution in [2.45, 2.75) is 44.8 Å². The van der Waals surface area contributed by atoms with E-state index < -0.39 is 5.82 Å². The van der Waals surface area contributed by atoms with Gasteiger partial charge in [0.25, 0.3) is 5.56 Å². The monoisotopic (exact) mass is 443 g/mol. The summed E-state index contributed by atoms with van der Waals surface area (Å²) in [4.78, 5) is 26.2. The van der Waals surface area contributed by atoms with Gasteiger partial charge in [-0.1, -0.05) is 0 Å². The van der Waals surface area contributed by atoms with Gasteiger partial charge >= 0.3 is 0 Å². The number of hydrogen-bond acceptors (Lipinski definition) is 8. The first-order chi connectivity index (χ1) is 15.4. The molecular weight excluding hydrogens is 417 g/mol. The van der Waals surface area contributed by atoms with E-state index in [1.54, 1.807) is 17.6 Å². The summed E-state index contributed by atoms with van der Waals surface area (Å²) in [5.74, 6) is -0.695. The first-order valence-electron chi connectivity index (χ1n) is 10.5. The number of hydrogen-bond donors (Lipinski definition) is 2. The highest BCUT2D eigenvalue weighted by atomic mass is 19.1. The molecular formula is C22H26FN5O4. The van der Waals surface area contributed by atoms with E-state index in [1.165, 1.54) is 19.4 Å². The van der Waals surface area contributed by atoms with E-state index in [-0.39, 0.29) is 36.1 Å². The number of aromatic nitrogens is 4. The molecule has 0 aromatic carbocycles. The summed E-state index contributed by atoms with van der Waals surface area (Å²) in [6.45, 7) is 2.08. The standard InChI is InChI=1S/C22H26FN5O4/c1-12-16-10-17(13-9-18(23)20(31-2)25-11-13)21(30)28(19(16)27-22(24)26-12)14-3-5-15(6-4-14)32-8-7-29/h9-11,14-15,29H,3-8H2,1-2H3,(H2,24,26,27)/t14-,15+. The van der Waals surface area contributed by atoms with E-state index in [0.717, 1.165) is 12.8 Å². The van der Waals surface area contributed by atoms with Crippen LogP contribution in [0.2, 0.25) is 0 Å². The lowest BCUT2D eigenvalue weighted by Crippen LogP contribution is -2.32. The van der Waals surface area contributed by atoms with Gasteiger partial charge in [0.2, 0.25) is 11.8 Å². The van der Waals surface area contributed by atoms with Crippen molar-refractivity contribution in [3.63, 3.8) is 0 Å². The molecule has 1 fully saturated rings. The Kier molecular flexibility index (Phi) is 6.33. The molecule has 0 amide bonds. The maximum atomic E-state index is 14.3. The van der Waals surface area contributed by atoms with Crippen LogP contribution in [0.1, 0.15) is 37.4 Å². The van der Waals surface area contributed by atoms with Gasteiger partial charge in [0.1, 0.15) is 5.65 Å². The summed E-state index contributed by atoms with van der Waals surface area (Å²) in [6, 6.07) is 2.79. The van der Waals surface area contributed by atoms with Gasteiger partial charge in [-0.3, -0.25) is 9.36 Å². The number of aryl methyl sites for hydroxylation is 1. The molecule has 0 spiro atoms. The Balaban J connectivity index is 1.83. The predicted molar refractivity (Wildman–Crippen MR) is 117 cm³/mol. The topological polar surface area (TPSA) is 125 Å². The Labute approximate surface area is 184 Å². The molecule has 1 aliphatic carbocycles. The van der Waals surface area contributed by atoms with Crippen molar-refractivity contribution < 1.29 is 19.0 Å². The maximum absolute atomic E-state index is 14.3. The first kappa shape index (κ1) is 22.1. The number of halogens is 1. The molecule has 3 N–H and O–H groups in total. The maximum Gasteiger partial charge on any atom is 0.260 e. The number of nitrogens with zero attached hydrogens (tertiary/aromatic N) is 4. The zero-order valence-corrected chi connectivity index (χ0v) is 18.0. The molecule has 0 aliphatic heterocycles. The molecule has 0 saturated heterocycles. The fourth-order valence-corrected chi connectivity index (χ4v) is 4.33. The van der Waals surface area contributed by atoms with Crippen molar-refractivity contribution in [3.05, 3.63) is 40.2 Å². The van der Waals surface area contributed by atoms with Crippen molar-refractivity contribution >= 4 is 17.0 Å². The number of ether oxygens (including phenoxy) is 2. The fraction of sp³-hybridized carbons (Fsp3) is 0.455. The Bertz CT molecular complexity index is 1190. The minimum Gasteiger partial charge on any atom is -0.479 e. The van der Waals surface area contributed by atoms with Gasteiger partial charge in [-0.15, -0.1) is 0 Å². The van der Waals surface area contributed by atoms with Crippen LogP contribution in [0, 0.1) is 12.7 Å². The van der Waals surface area contributed by atoms with E-state index >= 15 is 0 Å². The molecule has 0 radical (unpaired) electrons. The smallest absolute Gasteiger partial charge is 0.260 e. The molecule has 0 atom stereocenters. The Morgan fingerprint density at radius 2 is 2.00 bits per heavy atom. The number of aliphatic hydroxyl groups is 1. The first-order valence-corrected chi connectivity index (χ1v) is 10.5. The molecule has 32 heavy (non-hydrogen) atoms. The van der Waals surface area contributed by atoms with Crippen LogP contribution in [0.5, 0.6) is 5.88 Å². The van der Waals surface area contributed by atoms with Gasteiger partial charge in [0, 0.05) is 28.8 Å². The normalized spacial score (nSPS) is 18.8. The number of aliphatic hydroxyl groups excluding tert-OH is 1. The molecule has 0 unspecified atom stereocenters. The Morgan fingerprint density at radius 3 is 2.66 bits per heavy atom. The summed E-state index contributed by atoms with van der Waals surface area (Å²) in [5, 5.41) is 9.66. The lowest BCUT2D eigenvalue weighted by molar-refractivity contribution is 0.00169. The van der Waals surface area contributed by atoms with E-state index in [4.69, 9.17) is 20.3 Å². The van der Waals surface area contributed by atoms with Crippen molar-refractivity contribution in [3.8, 4) is 17.0 Å². The minimum atomic E-state index is -0.650. The highest BCUT2D eigenvalue weighted by molar-refractivity contribution is 5.84. The molecule has 0 bridgehead atoms. The highest BCUT2D eigenvalue weighted by Crippen LogP contribution is 2.33. The zero-order chi connectivity index (χ0) is 22.8. The van der Waals surface area contributed by atoms with Crippen molar-refractivity contribution in [2.24, 2.45) is 0 Å². The zero-order valence-electron chi connectivity index (χ0n) is 18.0. The molecule has 3 aromatic rings. The van der Waals surface area contributed by atoms with E-state index in [1.807, 2.05) is 0 Å². The quantitative estimate of drug-likeness (QED) is 0.595. The fourth-order valence-electron chi connectivity index (χ4n) is 4.33. The number of nitrogens with two attached hydrogens (primary N) is 1. The Hall–Kier alpha value is -3.11. The van der Waals surface area contributed by atoms with Gasteiger partial charge < -0.3 is 20.3 Å². The summed E-state index contributed by atoms with van der Waals surface area (Å²) in [6.07, 6.45) is 4.37.